The van der Waals surface area contributed by atoms with Crippen LogP contribution in [0.4, 0.5) is 0 Å². The van der Waals surface area contributed by atoms with E-state index in [2.05, 4.69) is 151 Å². The fourth-order valence-corrected chi connectivity index (χ4v) is 7.18. The second kappa shape index (κ2) is 11.3. The summed E-state index contributed by atoms with van der Waals surface area (Å²) in [6.07, 6.45) is 0. The first-order valence-corrected chi connectivity index (χ1v) is 16.8. The molecule has 0 spiro atoms. The van der Waals surface area contributed by atoms with Crippen LogP contribution in [-0.4, -0.2) is 24.1 Å². The molecule has 0 radical (unpaired) electrons. The minimum Gasteiger partial charge on any atom is -0.309 e. The molecule has 6 nitrogen and oxygen atoms in total. The van der Waals surface area contributed by atoms with Crippen molar-refractivity contribution in [1.82, 2.24) is 24.1 Å². The smallest absolute Gasteiger partial charge is 0.238 e. The van der Waals surface area contributed by atoms with Gasteiger partial charge in [-0.25, -0.2) is 4.98 Å². The lowest BCUT2D eigenvalue weighted by molar-refractivity contribution is 0.540. The van der Waals surface area contributed by atoms with Crippen LogP contribution in [0.25, 0.3) is 77.8 Å². The van der Waals surface area contributed by atoms with Gasteiger partial charge in [-0.2, -0.15) is 15.2 Å². The van der Waals surface area contributed by atoms with E-state index in [9.17, 15) is 5.26 Å². The van der Waals surface area contributed by atoms with Gasteiger partial charge < -0.3 is 4.57 Å². The number of aromatic nitrogens is 5. The zero-order valence-electron chi connectivity index (χ0n) is 28.0. The van der Waals surface area contributed by atoms with Gasteiger partial charge in [0.15, 0.2) is 5.82 Å². The summed E-state index contributed by atoms with van der Waals surface area (Å²) in [7, 11) is 0. The number of hydrogen-bond donors (Lipinski definition) is 0. The molecule has 238 valence electrons. The molecular formula is C44H32N6. The first-order valence-electron chi connectivity index (χ1n) is 16.8. The van der Waals surface area contributed by atoms with E-state index in [4.69, 9.17) is 15.0 Å². The maximum atomic E-state index is 10.1. The van der Waals surface area contributed by atoms with Gasteiger partial charge in [-0.05, 0) is 53.6 Å². The fraction of sp³-hybridized carbons (Fsp3) is 0.0909. The van der Waals surface area contributed by atoms with Gasteiger partial charge in [0.1, 0.15) is 5.82 Å². The lowest BCUT2D eigenvalue weighted by atomic mass is 9.95. The number of nitriles is 1. The molecule has 0 amide bonds. The SMILES string of the molecule is CC(C)(C)c1nc(-c2cc(C#N)ccc2-n2c3ccccc3c3ccccc32)nc(-n2c3ccccc3c3c(-c4ccccc4)cccc32)n1. The number of fused-ring (bicyclic) bond motifs is 6. The van der Waals surface area contributed by atoms with Crippen molar-refractivity contribution in [3.8, 4) is 40.2 Å². The lowest BCUT2D eigenvalue weighted by Crippen LogP contribution is -2.19. The van der Waals surface area contributed by atoms with Gasteiger partial charge in [0.2, 0.25) is 5.95 Å². The van der Waals surface area contributed by atoms with Crippen LogP contribution in [0.15, 0.2) is 140 Å². The molecule has 50 heavy (non-hydrogen) atoms. The van der Waals surface area contributed by atoms with Gasteiger partial charge in [0.25, 0.3) is 0 Å². The van der Waals surface area contributed by atoms with Crippen molar-refractivity contribution in [2.24, 2.45) is 0 Å². The summed E-state index contributed by atoms with van der Waals surface area (Å²) in [5.74, 6) is 1.71. The monoisotopic (exact) mass is 644 g/mol. The highest BCUT2D eigenvalue weighted by molar-refractivity contribution is 6.15. The summed E-state index contributed by atoms with van der Waals surface area (Å²) in [5, 5.41) is 14.7. The molecule has 9 aromatic rings. The number of rotatable bonds is 4. The fourth-order valence-electron chi connectivity index (χ4n) is 7.18. The topological polar surface area (TPSA) is 72.3 Å². The van der Waals surface area contributed by atoms with E-state index >= 15 is 0 Å². The molecule has 6 heteroatoms. The first kappa shape index (κ1) is 29.6. The predicted octanol–water partition coefficient (Wildman–Crippen LogP) is 10.6. The molecule has 0 saturated heterocycles. The van der Waals surface area contributed by atoms with Crippen molar-refractivity contribution < 1.29 is 0 Å². The third-order valence-corrected chi connectivity index (χ3v) is 9.46. The summed E-state index contributed by atoms with van der Waals surface area (Å²) in [5.41, 5.74) is 8.27. The van der Waals surface area contributed by atoms with Crippen molar-refractivity contribution in [3.63, 3.8) is 0 Å². The van der Waals surface area contributed by atoms with E-state index in [0.29, 0.717) is 23.2 Å². The number of para-hydroxylation sites is 3. The quantitative estimate of drug-likeness (QED) is 0.191. The van der Waals surface area contributed by atoms with Crippen LogP contribution in [-0.2, 0) is 5.41 Å². The summed E-state index contributed by atoms with van der Waals surface area (Å²) in [4.78, 5) is 15.6. The van der Waals surface area contributed by atoms with Crippen molar-refractivity contribution in [1.29, 1.82) is 5.26 Å². The maximum Gasteiger partial charge on any atom is 0.238 e. The average molecular weight is 645 g/mol. The first-order chi connectivity index (χ1) is 24.4. The Hall–Kier alpha value is -6.58. The summed E-state index contributed by atoms with van der Waals surface area (Å²) >= 11 is 0. The summed E-state index contributed by atoms with van der Waals surface area (Å²) < 4.78 is 4.42. The minimum absolute atomic E-state index is 0.389. The van der Waals surface area contributed by atoms with Crippen molar-refractivity contribution in [3.05, 3.63) is 151 Å². The largest absolute Gasteiger partial charge is 0.309 e. The molecule has 3 heterocycles. The van der Waals surface area contributed by atoms with Crippen LogP contribution < -0.4 is 0 Å². The standard InChI is InChI=1S/C44H32N6/c1-44(2,3)42-46-41(34-26-28(27-45)24-25-38(34)49-35-20-10-7-16-31(35)32-17-8-11-21-36(32)49)47-43(48-42)50-37-22-12-9-18-33(37)40-30(19-13-23-39(40)50)29-14-5-4-6-15-29/h4-26H,1-3H3. The average Bonchev–Trinajstić information content (AvgIpc) is 3.67. The van der Waals surface area contributed by atoms with Crippen molar-refractivity contribution >= 4 is 43.6 Å². The molecule has 0 atom stereocenters. The normalized spacial score (nSPS) is 11.9. The van der Waals surface area contributed by atoms with E-state index in [0.717, 1.165) is 66.0 Å². The molecule has 3 aromatic heterocycles. The highest BCUT2D eigenvalue weighted by Gasteiger charge is 2.25. The van der Waals surface area contributed by atoms with Crippen LogP contribution >= 0.6 is 0 Å². The molecule has 6 aromatic carbocycles. The Morgan fingerprint density at radius 3 is 1.80 bits per heavy atom. The van der Waals surface area contributed by atoms with Gasteiger partial charge in [-0.1, -0.05) is 118 Å². The molecule has 0 unspecified atom stereocenters. The minimum atomic E-state index is -0.389. The Balaban J connectivity index is 1.37. The second-order valence-corrected chi connectivity index (χ2v) is 13.7. The van der Waals surface area contributed by atoms with Crippen LogP contribution in [0, 0.1) is 11.3 Å². The molecule has 9 rings (SSSR count). The highest BCUT2D eigenvalue weighted by atomic mass is 15.2. The molecular weight excluding hydrogens is 613 g/mol. The Labute approximate surface area is 289 Å². The predicted molar refractivity (Wildman–Crippen MR) is 203 cm³/mol. The van der Waals surface area contributed by atoms with E-state index in [1.54, 1.807) is 0 Å². The zero-order chi connectivity index (χ0) is 34.0. The molecule has 0 bridgehead atoms. The van der Waals surface area contributed by atoms with E-state index < -0.39 is 0 Å². The van der Waals surface area contributed by atoms with Crippen molar-refractivity contribution in [2.75, 3.05) is 0 Å². The molecule has 0 fully saturated rings. The Bertz CT molecular complexity index is 2760. The van der Waals surface area contributed by atoms with Gasteiger partial charge in [0, 0.05) is 32.5 Å². The Morgan fingerprint density at radius 2 is 1.14 bits per heavy atom. The van der Waals surface area contributed by atoms with Crippen molar-refractivity contribution in [2.45, 2.75) is 26.2 Å². The number of hydrogen-bond acceptors (Lipinski definition) is 4. The van der Waals surface area contributed by atoms with Gasteiger partial charge >= 0.3 is 0 Å². The summed E-state index contributed by atoms with van der Waals surface area (Å²) in [6.45, 7) is 6.36. The summed E-state index contributed by atoms with van der Waals surface area (Å²) in [6, 6.07) is 50.4. The van der Waals surface area contributed by atoms with Crippen LogP contribution in [0.3, 0.4) is 0 Å². The number of benzene rings is 6. The molecule has 0 aliphatic carbocycles. The van der Waals surface area contributed by atoms with E-state index in [-0.39, 0.29) is 5.41 Å². The van der Waals surface area contributed by atoms with Gasteiger partial charge in [-0.15, -0.1) is 0 Å². The number of nitrogens with zero attached hydrogens (tertiary/aromatic N) is 6. The Kier molecular flexibility index (Phi) is 6.65. The van der Waals surface area contributed by atoms with Crippen LogP contribution in [0.2, 0.25) is 0 Å². The molecule has 0 saturated carbocycles. The second-order valence-electron chi connectivity index (χ2n) is 13.7. The third kappa shape index (κ3) is 4.59. The lowest BCUT2D eigenvalue weighted by Gasteiger charge is -2.20. The maximum absolute atomic E-state index is 10.1. The van der Waals surface area contributed by atoms with Gasteiger partial charge in [-0.3, -0.25) is 4.57 Å². The Morgan fingerprint density at radius 1 is 0.540 bits per heavy atom. The molecule has 0 N–H and O–H groups in total. The zero-order valence-corrected chi connectivity index (χ0v) is 28.0. The molecule has 0 aliphatic rings. The van der Waals surface area contributed by atoms with Crippen LogP contribution in [0.5, 0.6) is 0 Å². The van der Waals surface area contributed by atoms with E-state index in [1.165, 1.54) is 0 Å². The highest BCUT2D eigenvalue weighted by Crippen LogP contribution is 2.40. The van der Waals surface area contributed by atoms with E-state index in [1.807, 2.05) is 24.3 Å². The van der Waals surface area contributed by atoms with Gasteiger partial charge in [0.05, 0.1) is 39.4 Å². The third-order valence-electron chi connectivity index (χ3n) is 9.46. The van der Waals surface area contributed by atoms with Crippen LogP contribution in [0.1, 0.15) is 32.2 Å². The molecule has 0 aliphatic heterocycles.